The molecule has 0 saturated heterocycles. The second kappa shape index (κ2) is 8.87. The van der Waals surface area contributed by atoms with Gasteiger partial charge in [0.15, 0.2) is 0 Å². The Hall–Kier alpha value is -2.15. The number of hydrogen-bond acceptors (Lipinski definition) is 6. The minimum Gasteiger partial charge on any atom is -0.427 e. The maximum absolute atomic E-state index is 11.6. The van der Waals surface area contributed by atoms with E-state index in [1.54, 1.807) is 20.3 Å². The second-order valence-corrected chi connectivity index (χ2v) is 4.07. The lowest BCUT2D eigenvalue weighted by molar-refractivity contribution is -0.151. The summed E-state index contributed by atoms with van der Waals surface area (Å²) in [6.07, 6.45) is 1.79. The monoisotopic (exact) mass is 281 g/mol. The van der Waals surface area contributed by atoms with Crippen molar-refractivity contribution >= 4 is 12.1 Å². The molecule has 1 rings (SSSR count). The summed E-state index contributed by atoms with van der Waals surface area (Å²) in [5.41, 5.74) is 0.896. The van der Waals surface area contributed by atoms with Gasteiger partial charge in [0.05, 0.1) is 6.54 Å². The predicted octanol–water partition coefficient (Wildman–Crippen LogP) is 0.413. The molecule has 0 bridgehead atoms. The molecule has 0 aromatic carbocycles. The zero-order valence-corrected chi connectivity index (χ0v) is 11.7. The zero-order chi connectivity index (χ0) is 14.8. The van der Waals surface area contributed by atoms with Crippen molar-refractivity contribution in [3.8, 4) is 0 Å². The van der Waals surface area contributed by atoms with Gasteiger partial charge in [0, 0.05) is 31.9 Å². The fourth-order valence-electron chi connectivity index (χ4n) is 1.37. The third-order valence-electron chi connectivity index (χ3n) is 2.46. The third kappa shape index (κ3) is 6.14. The van der Waals surface area contributed by atoms with Crippen LogP contribution in [0.3, 0.4) is 0 Å². The van der Waals surface area contributed by atoms with Crippen LogP contribution in [-0.4, -0.2) is 55.9 Å². The number of ether oxygens (including phenoxy) is 2. The Bertz CT molecular complexity index is 425. The molecule has 0 atom stereocenters. The molecule has 7 heteroatoms. The van der Waals surface area contributed by atoms with Crippen molar-refractivity contribution in [2.75, 3.05) is 34.0 Å². The van der Waals surface area contributed by atoms with Gasteiger partial charge in [0.25, 0.3) is 0 Å². The number of amides is 1. The first-order chi connectivity index (χ1) is 9.63. The average Bonchev–Trinajstić information content (AvgIpc) is 2.46. The molecule has 110 valence electrons. The number of rotatable bonds is 7. The summed E-state index contributed by atoms with van der Waals surface area (Å²) in [5, 5.41) is 2.63. The van der Waals surface area contributed by atoms with E-state index in [0.29, 0.717) is 13.0 Å². The van der Waals surface area contributed by atoms with Gasteiger partial charge >= 0.3 is 12.1 Å². The van der Waals surface area contributed by atoms with E-state index in [4.69, 9.17) is 4.74 Å². The Balaban J connectivity index is 2.21. The Morgan fingerprint density at radius 3 is 2.80 bits per heavy atom. The molecule has 0 spiro atoms. The first kappa shape index (κ1) is 15.9. The maximum Gasteiger partial charge on any atom is 0.412 e. The largest absolute Gasteiger partial charge is 0.427 e. The molecule has 7 nitrogen and oxygen atoms in total. The molecule has 1 aromatic heterocycles. The van der Waals surface area contributed by atoms with E-state index in [2.05, 4.69) is 15.0 Å². The molecule has 1 heterocycles. The van der Waals surface area contributed by atoms with E-state index in [1.807, 2.05) is 18.2 Å². The van der Waals surface area contributed by atoms with E-state index >= 15 is 0 Å². The number of carbonyl (C=O) groups is 2. The summed E-state index contributed by atoms with van der Waals surface area (Å²) in [6, 6.07) is 5.61. The number of likely N-dealkylation sites (N-methyl/N-ethyl adjacent to an activating group) is 2. The lowest BCUT2D eigenvalue weighted by atomic mass is 10.2. The highest BCUT2D eigenvalue weighted by Gasteiger charge is 2.11. The minimum absolute atomic E-state index is 0.0765. The van der Waals surface area contributed by atoms with Gasteiger partial charge in [-0.15, -0.1) is 0 Å². The quantitative estimate of drug-likeness (QED) is 0.576. The molecule has 0 fully saturated rings. The third-order valence-corrected chi connectivity index (χ3v) is 2.46. The SMILES string of the molecule is CNCC(=O)OCOC(=O)N(C)CCc1ccccn1. The standard InChI is InChI=1S/C13H19N3O4/c1-14-9-12(17)19-10-20-13(18)16(2)8-6-11-5-3-4-7-15-11/h3-5,7,14H,6,8-10H2,1-2H3. The predicted molar refractivity (Wildman–Crippen MR) is 71.9 cm³/mol. The number of pyridine rings is 1. The number of carbonyl (C=O) groups excluding carboxylic acids is 2. The van der Waals surface area contributed by atoms with Gasteiger partial charge in [-0.2, -0.15) is 0 Å². The fourth-order valence-corrected chi connectivity index (χ4v) is 1.37. The molecule has 20 heavy (non-hydrogen) atoms. The molecule has 1 amide bonds. The Morgan fingerprint density at radius 2 is 2.15 bits per heavy atom. The van der Waals surface area contributed by atoms with E-state index in [-0.39, 0.29) is 13.3 Å². The van der Waals surface area contributed by atoms with Crippen molar-refractivity contribution in [3.05, 3.63) is 30.1 Å². The molecule has 0 aliphatic heterocycles. The average molecular weight is 281 g/mol. The summed E-state index contributed by atoms with van der Waals surface area (Å²) in [4.78, 5) is 28.2. The van der Waals surface area contributed by atoms with Crippen LogP contribution in [0.25, 0.3) is 0 Å². The molecule has 1 N–H and O–H groups in total. The lowest BCUT2D eigenvalue weighted by Gasteiger charge is -2.16. The van der Waals surface area contributed by atoms with Gasteiger partial charge in [0.2, 0.25) is 6.79 Å². The molecule has 0 saturated carbocycles. The van der Waals surface area contributed by atoms with Crippen LogP contribution in [0, 0.1) is 0 Å². The van der Waals surface area contributed by atoms with Crippen LogP contribution in [-0.2, 0) is 20.7 Å². The summed E-state index contributed by atoms with van der Waals surface area (Å²) in [7, 11) is 3.24. The lowest BCUT2D eigenvalue weighted by Crippen LogP contribution is -2.31. The van der Waals surface area contributed by atoms with E-state index in [1.165, 1.54) is 4.90 Å². The van der Waals surface area contributed by atoms with Crippen molar-refractivity contribution in [1.82, 2.24) is 15.2 Å². The molecule has 0 aliphatic rings. The van der Waals surface area contributed by atoms with E-state index < -0.39 is 12.1 Å². The van der Waals surface area contributed by atoms with Crippen molar-refractivity contribution < 1.29 is 19.1 Å². The highest BCUT2D eigenvalue weighted by atomic mass is 16.7. The summed E-state index contributed by atoms with van der Waals surface area (Å²) in [5.74, 6) is -0.476. The summed E-state index contributed by atoms with van der Waals surface area (Å²) in [6.45, 7) is 0.167. The zero-order valence-electron chi connectivity index (χ0n) is 11.7. The molecular weight excluding hydrogens is 262 g/mol. The number of esters is 1. The normalized spacial score (nSPS) is 9.90. The molecule has 0 aliphatic carbocycles. The van der Waals surface area contributed by atoms with Crippen molar-refractivity contribution in [1.29, 1.82) is 0 Å². The van der Waals surface area contributed by atoms with Gasteiger partial charge in [-0.3, -0.25) is 9.78 Å². The van der Waals surface area contributed by atoms with Crippen LogP contribution in [0.1, 0.15) is 5.69 Å². The van der Waals surface area contributed by atoms with Gasteiger partial charge in [0.1, 0.15) is 0 Å². The van der Waals surface area contributed by atoms with Crippen molar-refractivity contribution in [3.63, 3.8) is 0 Å². The Labute approximate surface area is 117 Å². The molecule has 0 unspecified atom stereocenters. The van der Waals surface area contributed by atoms with Gasteiger partial charge in [-0.1, -0.05) is 6.07 Å². The fraction of sp³-hybridized carbons (Fsp3) is 0.462. The molecular formula is C13H19N3O4. The summed E-state index contributed by atoms with van der Waals surface area (Å²) < 4.78 is 9.49. The Morgan fingerprint density at radius 1 is 1.35 bits per heavy atom. The first-order valence-electron chi connectivity index (χ1n) is 6.21. The first-order valence-corrected chi connectivity index (χ1v) is 6.21. The number of nitrogens with zero attached hydrogens (tertiary/aromatic N) is 2. The van der Waals surface area contributed by atoms with Crippen LogP contribution < -0.4 is 5.32 Å². The minimum atomic E-state index is -0.543. The number of aromatic nitrogens is 1. The van der Waals surface area contributed by atoms with Gasteiger partial charge in [-0.05, 0) is 19.2 Å². The van der Waals surface area contributed by atoms with Crippen LogP contribution in [0.5, 0.6) is 0 Å². The second-order valence-electron chi connectivity index (χ2n) is 4.07. The molecule has 1 aromatic rings. The van der Waals surface area contributed by atoms with E-state index in [9.17, 15) is 9.59 Å². The van der Waals surface area contributed by atoms with Crippen molar-refractivity contribution in [2.24, 2.45) is 0 Å². The maximum atomic E-state index is 11.6. The molecule has 0 radical (unpaired) electrons. The van der Waals surface area contributed by atoms with Crippen LogP contribution >= 0.6 is 0 Å². The number of nitrogens with one attached hydrogen (secondary N) is 1. The van der Waals surface area contributed by atoms with Crippen molar-refractivity contribution in [2.45, 2.75) is 6.42 Å². The van der Waals surface area contributed by atoms with Gasteiger partial charge in [-0.25, -0.2) is 4.79 Å². The highest BCUT2D eigenvalue weighted by Crippen LogP contribution is 1.98. The summed E-state index contributed by atoms with van der Waals surface area (Å²) >= 11 is 0. The highest BCUT2D eigenvalue weighted by molar-refractivity contribution is 5.72. The van der Waals surface area contributed by atoms with E-state index in [0.717, 1.165) is 5.69 Å². The topological polar surface area (TPSA) is 80.8 Å². The van der Waals surface area contributed by atoms with Crippen LogP contribution in [0.2, 0.25) is 0 Å². The number of hydrogen-bond donors (Lipinski definition) is 1. The smallest absolute Gasteiger partial charge is 0.412 e. The van der Waals surface area contributed by atoms with Crippen LogP contribution in [0.4, 0.5) is 4.79 Å². The van der Waals surface area contributed by atoms with Crippen LogP contribution in [0.15, 0.2) is 24.4 Å². The van der Waals surface area contributed by atoms with Gasteiger partial charge < -0.3 is 19.7 Å². The Kier molecular flexibility index (Phi) is 7.05.